The van der Waals surface area contributed by atoms with E-state index in [1.165, 1.54) is 17.4 Å². The maximum atomic E-state index is 13.1. The minimum Gasteiger partial charge on any atom is -0.368 e. The van der Waals surface area contributed by atoms with E-state index in [0.29, 0.717) is 41.5 Å². The summed E-state index contributed by atoms with van der Waals surface area (Å²) < 4.78 is 39.3. The number of piperazine rings is 1. The van der Waals surface area contributed by atoms with Gasteiger partial charge in [-0.05, 0) is 42.8 Å². The van der Waals surface area contributed by atoms with E-state index < -0.39 is 11.7 Å². The monoisotopic (exact) mass is 524 g/mol. The molecule has 1 saturated heterocycles. The molecular formula is C25H23F3N8S. The van der Waals surface area contributed by atoms with Gasteiger partial charge >= 0.3 is 6.18 Å². The van der Waals surface area contributed by atoms with Gasteiger partial charge in [0.25, 0.3) is 0 Å². The molecule has 4 aromatic rings. The zero-order valence-electron chi connectivity index (χ0n) is 19.9. The highest BCUT2D eigenvalue weighted by molar-refractivity contribution is 7.15. The molecule has 0 spiro atoms. The number of pyridine rings is 1. The molecule has 0 unspecified atom stereocenters. The minimum atomic E-state index is -4.41. The topological polar surface area (TPSA) is 83.0 Å². The van der Waals surface area contributed by atoms with Crippen LogP contribution < -0.4 is 15.1 Å². The minimum absolute atomic E-state index is 0.319. The summed E-state index contributed by atoms with van der Waals surface area (Å²) in [4.78, 5) is 27.4. The molecule has 190 valence electrons. The smallest absolute Gasteiger partial charge is 0.368 e. The summed E-state index contributed by atoms with van der Waals surface area (Å²) in [5.74, 6) is 1.14. The van der Waals surface area contributed by atoms with Gasteiger partial charge in [-0.1, -0.05) is 18.2 Å². The predicted octanol–water partition coefficient (Wildman–Crippen LogP) is 5.29. The molecule has 4 heterocycles. The molecular weight excluding hydrogens is 501 g/mol. The number of thiazole rings is 1. The summed E-state index contributed by atoms with van der Waals surface area (Å²) in [6.45, 7) is 4.89. The molecule has 3 aromatic heterocycles. The Hall–Kier alpha value is -4.06. The zero-order chi connectivity index (χ0) is 25.8. The summed E-state index contributed by atoms with van der Waals surface area (Å²) in [5.41, 5.74) is 0.795. The molecule has 1 aromatic carbocycles. The van der Waals surface area contributed by atoms with Crippen molar-refractivity contribution in [1.29, 1.82) is 0 Å². The first kappa shape index (κ1) is 24.6. The third-order valence-corrected chi connectivity index (χ3v) is 6.54. The summed E-state index contributed by atoms with van der Waals surface area (Å²) in [6.07, 6.45) is 4.04. The fraction of sp³-hybridized carbons (Fsp3) is 0.240. The Balaban J connectivity index is 1.40. The second-order valence-corrected chi connectivity index (χ2v) is 9.59. The highest BCUT2D eigenvalue weighted by Gasteiger charge is 2.30. The molecule has 5 rings (SSSR count). The van der Waals surface area contributed by atoms with E-state index in [-0.39, 0.29) is 0 Å². The molecule has 0 atom stereocenters. The first-order valence-corrected chi connectivity index (χ1v) is 12.4. The number of alkyl halides is 3. The highest BCUT2D eigenvalue weighted by Crippen LogP contribution is 2.30. The molecule has 0 radical (unpaired) electrons. The Morgan fingerprint density at radius 2 is 1.70 bits per heavy atom. The first-order valence-electron chi connectivity index (χ1n) is 11.5. The van der Waals surface area contributed by atoms with E-state index >= 15 is 0 Å². The normalized spacial score (nSPS) is 14.4. The van der Waals surface area contributed by atoms with Gasteiger partial charge in [-0.25, -0.2) is 4.98 Å². The van der Waals surface area contributed by atoms with Crippen molar-refractivity contribution < 1.29 is 13.2 Å². The Morgan fingerprint density at radius 3 is 2.41 bits per heavy atom. The van der Waals surface area contributed by atoms with Gasteiger partial charge in [-0.2, -0.15) is 28.1 Å². The third kappa shape index (κ3) is 6.20. The molecule has 0 saturated carbocycles. The maximum Gasteiger partial charge on any atom is 0.416 e. The van der Waals surface area contributed by atoms with Gasteiger partial charge in [0, 0.05) is 55.3 Å². The number of nitrogens with zero attached hydrogens (tertiary/aromatic N) is 7. The molecule has 1 aliphatic heterocycles. The van der Waals surface area contributed by atoms with Crippen molar-refractivity contribution in [2.24, 2.45) is 0 Å². The van der Waals surface area contributed by atoms with Crippen molar-refractivity contribution in [3.63, 3.8) is 0 Å². The number of nitrogens with one attached hydrogen (secondary N) is 1. The molecule has 37 heavy (non-hydrogen) atoms. The number of hydrogen-bond donors (Lipinski definition) is 1. The van der Waals surface area contributed by atoms with Gasteiger partial charge in [-0.15, -0.1) is 11.3 Å². The lowest BCUT2D eigenvalue weighted by molar-refractivity contribution is -0.137. The van der Waals surface area contributed by atoms with Crippen LogP contribution >= 0.6 is 11.3 Å². The average Bonchev–Trinajstić information content (AvgIpc) is 3.32. The second-order valence-electron chi connectivity index (χ2n) is 8.35. The second kappa shape index (κ2) is 10.5. The number of hydrogen-bond acceptors (Lipinski definition) is 9. The maximum absolute atomic E-state index is 13.1. The molecule has 1 N–H and O–H groups in total. The lowest BCUT2D eigenvalue weighted by Gasteiger charge is -2.36. The summed E-state index contributed by atoms with van der Waals surface area (Å²) in [7, 11) is 0. The number of anilines is 4. The van der Waals surface area contributed by atoms with Gasteiger partial charge in [0.2, 0.25) is 11.9 Å². The van der Waals surface area contributed by atoms with E-state index in [0.717, 1.165) is 35.8 Å². The van der Waals surface area contributed by atoms with Gasteiger partial charge < -0.3 is 9.80 Å². The highest BCUT2D eigenvalue weighted by atomic mass is 32.1. The summed E-state index contributed by atoms with van der Waals surface area (Å²) in [5, 5.41) is 3.77. The molecule has 1 aliphatic rings. The molecule has 0 aliphatic carbocycles. The van der Waals surface area contributed by atoms with Crippen molar-refractivity contribution in [2.45, 2.75) is 13.1 Å². The van der Waals surface area contributed by atoms with Crippen LogP contribution in [0.15, 0.2) is 55.0 Å². The Kier molecular flexibility index (Phi) is 6.99. The average molecular weight is 525 g/mol. The number of aryl methyl sites for hydroxylation is 1. The van der Waals surface area contributed by atoms with Crippen LogP contribution in [0.25, 0.3) is 12.2 Å². The SMILES string of the molecule is Cc1cnc(Nc2nc(/C=C/c3cccc(C(F)(F)F)c3)nc(N3CCN(c4ccncc4)CC3)n2)s1. The quantitative estimate of drug-likeness (QED) is 0.364. The fourth-order valence-corrected chi connectivity index (χ4v) is 4.53. The van der Waals surface area contributed by atoms with Crippen LogP contribution in [0.3, 0.4) is 0 Å². The largest absolute Gasteiger partial charge is 0.416 e. The van der Waals surface area contributed by atoms with E-state index in [9.17, 15) is 13.2 Å². The summed E-state index contributed by atoms with van der Waals surface area (Å²) >= 11 is 1.47. The lowest BCUT2D eigenvalue weighted by atomic mass is 10.1. The number of halogens is 3. The predicted molar refractivity (Wildman–Crippen MR) is 139 cm³/mol. The summed E-state index contributed by atoms with van der Waals surface area (Å²) in [6, 6.07) is 9.07. The van der Waals surface area contributed by atoms with Crippen LogP contribution in [0.4, 0.5) is 35.9 Å². The van der Waals surface area contributed by atoms with Crippen LogP contribution in [-0.4, -0.2) is 51.1 Å². The lowest BCUT2D eigenvalue weighted by Crippen LogP contribution is -2.47. The number of benzene rings is 1. The molecule has 8 nitrogen and oxygen atoms in total. The molecule has 12 heteroatoms. The van der Waals surface area contributed by atoms with Crippen LogP contribution in [0, 0.1) is 6.92 Å². The Bertz CT molecular complexity index is 1380. The van der Waals surface area contributed by atoms with E-state index in [1.807, 2.05) is 19.1 Å². The first-order chi connectivity index (χ1) is 17.8. The van der Waals surface area contributed by atoms with Gasteiger partial charge in [0.1, 0.15) is 0 Å². The van der Waals surface area contributed by atoms with E-state index in [1.54, 1.807) is 36.8 Å². The molecule has 0 amide bonds. The van der Waals surface area contributed by atoms with Gasteiger partial charge in [0.05, 0.1) is 5.56 Å². The third-order valence-electron chi connectivity index (χ3n) is 5.71. The number of rotatable bonds is 6. The van der Waals surface area contributed by atoms with Crippen molar-refractivity contribution in [3.8, 4) is 0 Å². The fourth-order valence-electron chi connectivity index (χ4n) is 3.87. The Morgan fingerprint density at radius 1 is 0.946 bits per heavy atom. The molecule has 0 bridgehead atoms. The zero-order valence-corrected chi connectivity index (χ0v) is 20.7. The standard InChI is InChI=1S/C25H23F3N8S/c1-17-16-30-24(37-17)34-22-31-21(6-5-18-3-2-4-19(15-18)25(26,27)28)32-23(33-22)36-13-11-35(12-14-36)20-7-9-29-10-8-20/h2-10,15-16H,11-14H2,1H3,(H,30,31,32,33,34)/b6-5+. The van der Waals surface area contributed by atoms with Gasteiger partial charge in [0.15, 0.2) is 11.0 Å². The Labute approximate surface area is 215 Å². The van der Waals surface area contributed by atoms with E-state index in [4.69, 9.17) is 0 Å². The number of aromatic nitrogens is 5. The van der Waals surface area contributed by atoms with Crippen molar-refractivity contribution in [2.75, 3.05) is 41.3 Å². The van der Waals surface area contributed by atoms with Crippen molar-refractivity contribution in [1.82, 2.24) is 24.9 Å². The van der Waals surface area contributed by atoms with Crippen molar-refractivity contribution in [3.05, 3.63) is 76.8 Å². The molecule has 1 fully saturated rings. The van der Waals surface area contributed by atoms with Crippen LogP contribution in [0.5, 0.6) is 0 Å². The van der Waals surface area contributed by atoms with Crippen LogP contribution in [0.2, 0.25) is 0 Å². The van der Waals surface area contributed by atoms with Crippen molar-refractivity contribution >= 4 is 46.2 Å². The van der Waals surface area contributed by atoms with E-state index in [2.05, 4.69) is 40.0 Å². The van der Waals surface area contributed by atoms with Crippen LogP contribution in [-0.2, 0) is 6.18 Å². The van der Waals surface area contributed by atoms with Gasteiger partial charge in [-0.3, -0.25) is 10.3 Å². The van der Waals surface area contributed by atoms with Crippen LogP contribution in [0.1, 0.15) is 21.8 Å².